The van der Waals surface area contributed by atoms with Crippen molar-refractivity contribution in [3.05, 3.63) is 51.4 Å². The van der Waals surface area contributed by atoms with Gasteiger partial charge in [0.25, 0.3) is 5.69 Å². The van der Waals surface area contributed by atoms with Gasteiger partial charge >= 0.3 is 0 Å². The second-order valence-electron chi connectivity index (χ2n) is 4.71. The molecule has 0 spiro atoms. The van der Waals surface area contributed by atoms with Crippen molar-refractivity contribution in [2.24, 2.45) is 0 Å². The second kappa shape index (κ2) is 5.17. The monoisotopic (exact) mass is 303 g/mol. The summed E-state index contributed by atoms with van der Waals surface area (Å²) in [4.78, 5) is 15.3. The van der Waals surface area contributed by atoms with Crippen LogP contribution in [-0.4, -0.2) is 9.91 Å². The number of hydrogen-bond donors (Lipinski definition) is 1. The summed E-state index contributed by atoms with van der Waals surface area (Å²) < 4.78 is 6.13. The van der Waals surface area contributed by atoms with Crippen LogP contribution in [0.5, 0.6) is 0 Å². The SMILES string of the molecule is Cc1nc2cc(NC(C)c3ccco3)c([N+](=O)[O-])cc2s1. The fourth-order valence-electron chi connectivity index (χ4n) is 2.19. The van der Waals surface area contributed by atoms with E-state index in [2.05, 4.69) is 10.3 Å². The third-order valence-electron chi connectivity index (χ3n) is 3.15. The molecule has 2 heterocycles. The number of benzene rings is 1. The zero-order valence-electron chi connectivity index (χ0n) is 11.5. The molecule has 108 valence electrons. The van der Waals surface area contributed by atoms with Crippen LogP contribution in [0.3, 0.4) is 0 Å². The number of nitro benzene ring substituents is 1. The minimum Gasteiger partial charge on any atom is -0.467 e. The molecule has 0 aliphatic heterocycles. The van der Waals surface area contributed by atoms with Gasteiger partial charge in [-0.15, -0.1) is 11.3 Å². The summed E-state index contributed by atoms with van der Waals surface area (Å²) in [5, 5.41) is 15.3. The highest BCUT2D eigenvalue weighted by Gasteiger charge is 2.19. The summed E-state index contributed by atoms with van der Waals surface area (Å²) in [5.41, 5.74) is 1.25. The summed E-state index contributed by atoms with van der Waals surface area (Å²) in [6, 6.07) is 6.73. The molecule has 0 amide bonds. The number of thiazole rings is 1. The zero-order valence-corrected chi connectivity index (χ0v) is 12.3. The van der Waals surface area contributed by atoms with E-state index in [0.717, 1.165) is 21.0 Å². The number of anilines is 1. The number of hydrogen-bond acceptors (Lipinski definition) is 6. The van der Waals surface area contributed by atoms with E-state index in [1.165, 1.54) is 11.3 Å². The maximum atomic E-state index is 11.3. The highest BCUT2D eigenvalue weighted by molar-refractivity contribution is 7.18. The Morgan fingerprint density at radius 1 is 1.48 bits per heavy atom. The summed E-state index contributed by atoms with van der Waals surface area (Å²) in [7, 11) is 0. The number of nitrogens with one attached hydrogen (secondary N) is 1. The number of nitrogens with zero attached hydrogens (tertiary/aromatic N) is 2. The van der Waals surface area contributed by atoms with Crippen molar-refractivity contribution in [3.63, 3.8) is 0 Å². The van der Waals surface area contributed by atoms with Crippen LogP contribution in [0, 0.1) is 17.0 Å². The van der Waals surface area contributed by atoms with Gasteiger partial charge in [-0.05, 0) is 32.0 Å². The molecule has 0 saturated heterocycles. The Morgan fingerprint density at radius 2 is 2.29 bits per heavy atom. The largest absolute Gasteiger partial charge is 0.467 e. The Bertz CT molecular complexity index is 795. The van der Waals surface area contributed by atoms with Gasteiger partial charge < -0.3 is 9.73 Å². The zero-order chi connectivity index (χ0) is 15.0. The predicted octanol–water partition coefficient (Wildman–Crippen LogP) is 4.28. The van der Waals surface area contributed by atoms with E-state index in [9.17, 15) is 10.1 Å². The smallest absolute Gasteiger partial charge is 0.293 e. The fraction of sp³-hybridized carbons (Fsp3) is 0.214. The average molecular weight is 303 g/mol. The van der Waals surface area contributed by atoms with E-state index in [1.807, 2.05) is 19.9 Å². The van der Waals surface area contributed by atoms with Gasteiger partial charge in [-0.2, -0.15) is 0 Å². The highest BCUT2D eigenvalue weighted by atomic mass is 32.1. The lowest BCUT2D eigenvalue weighted by atomic mass is 10.2. The van der Waals surface area contributed by atoms with Crippen LogP contribution in [-0.2, 0) is 0 Å². The van der Waals surface area contributed by atoms with E-state index < -0.39 is 0 Å². The highest BCUT2D eigenvalue weighted by Crippen LogP contribution is 2.34. The van der Waals surface area contributed by atoms with Crippen LogP contribution < -0.4 is 5.32 Å². The van der Waals surface area contributed by atoms with E-state index in [1.54, 1.807) is 24.5 Å². The Morgan fingerprint density at radius 3 is 2.95 bits per heavy atom. The predicted molar refractivity (Wildman–Crippen MR) is 81.8 cm³/mol. The van der Waals surface area contributed by atoms with Crippen LogP contribution >= 0.6 is 11.3 Å². The topological polar surface area (TPSA) is 81.2 Å². The molecular weight excluding hydrogens is 290 g/mol. The molecule has 1 unspecified atom stereocenters. The third kappa shape index (κ3) is 2.59. The first-order valence-corrected chi connectivity index (χ1v) is 7.22. The number of nitro groups is 1. The molecule has 1 atom stereocenters. The Hall–Kier alpha value is -2.41. The van der Waals surface area contributed by atoms with E-state index >= 15 is 0 Å². The number of rotatable bonds is 4. The molecule has 21 heavy (non-hydrogen) atoms. The standard InChI is InChI=1S/C14H13N3O3S/c1-8(13-4-3-5-20-13)15-10-6-11-14(21-9(2)16-11)7-12(10)17(18)19/h3-8,15H,1-2H3. The van der Waals surface area contributed by atoms with Gasteiger partial charge in [0.15, 0.2) is 0 Å². The van der Waals surface area contributed by atoms with Gasteiger partial charge in [0.1, 0.15) is 11.4 Å². The van der Waals surface area contributed by atoms with Gasteiger partial charge in [0, 0.05) is 6.07 Å². The maximum Gasteiger partial charge on any atom is 0.293 e. The lowest BCUT2D eigenvalue weighted by Gasteiger charge is -2.13. The normalized spacial score (nSPS) is 12.5. The maximum absolute atomic E-state index is 11.3. The van der Waals surface area contributed by atoms with Crippen molar-refractivity contribution in [2.45, 2.75) is 19.9 Å². The summed E-state index contributed by atoms with van der Waals surface area (Å²) in [6.45, 7) is 3.77. The van der Waals surface area contributed by atoms with Gasteiger partial charge in [-0.3, -0.25) is 10.1 Å². The second-order valence-corrected chi connectivity index (χ2v) is 5.94. The molecule has 2 aromatic heterocycles. The first-order valence-electron chi connectivity index (χ1n) is 6.40. The van der Waals surface area contributed by atoms with Crippen LogP contribution in [0.1, 0.15) is 23.7 Å². The van der Waals surface area contributed by atoms with Crippen molar-refractivity contribution in [1.82, 2.24) is 4.98 Å². The van der Waals surface area contributed by atoms with Gasteiger partial charge in [0.05, 0.1) is 32.5 Å². The summed E-state index contributed by atoms with van der Waals surface area (Å²) in [6.07, 6.45) is 1.58. The quantitative estimate of drug-likeness (QED) is 0.574. The van der Waals surface area contributed by atoms with Gasteiger partial charge in [-0.25, -0.2) is 4.98 Å². The molecule has 0 saturated carbocycles. The van der Waals surface area contributed by atoms with Crippen LogP contribution in [0.15, 0.2) is 34.9 Å². The van der Waals surface area contributed by atoms with Crippen molar-refractivity contribution < 1.29 is 9.34 Å². The first-order chi connectivity index (χ1) is 10.0. The Balaban J connectivity index is 2.03. The number of furan rings is 1. The molecule has 0 aliphatic carbocycles. The molecule has 1 aromatic carbocycles. The Labute approximate surface area is 124 Å². The molecule has 0 aliphatic rings. The van der Waals surface area contributed by atoms with E-state index in [4.69, 9.17) is 4.42 Å². The molecule has 0 radical (unpaired) electrons. The van der Waals surface area contributed by atoms with Crippen LogP contribution in [0.4, 0.5) is 11.4 Å². The molecule has 1 N–H and O–H groups in total. The van der Waals surface area contributed by atoms with Crippen molar-refractivity contribution in [2.75, 3.05) is 5.32 Å². The van der Waals surface area contributed by atoms with E-state index in [0.29, 0.717) is 5.69 Å². The number of fused-ring (bicyclic) bond motifs is 1. The minimum absolute atomic E-state index is 0.0459. The number of aryl methyl sites for hydroxylation is 1. The molecular formula is C14H13N3O3S. The summed E-state index contributed by atoms with van der Waals surface area (Å²) in [5.74, 6) is 0.721. The Kier molecular flexibility index (Phi) is 3.34. The molecule has 3 rings (SSSR count). The van der Waals surface area contributed by atoms with Gasteiger partial charge in [-0.1, -0.05) is 0 Å². The average Bonchev–Trinajstić information content (AvgIpc) is 3.05. The number of aromatic nitrogens is 1. The molecule has 7 heteroatoms. The fourth-order valence-corrected chi connectivity index (χ4v) is 3.03. The van der Waals surface area contributed by atoms with Crippen molar-refractivity contribution in [1.29, 1.82) is 0 Å². The van der Waals surface area contributed by atoms with Gasteiger partial charge in [0.2, 0.25) is 0 Å². The van der Waals surface area contributed by atoms with Crippen molar-refractivity contribution >= 4 is 32.9 Å². The molecule has 3 aromatic rings. The lowest BCUT2D eigenvalue weighted by molar-refractivity contribution is -0.383. The minimum atomic E-state index is -0.383. The van der Waals surface area contributed by atoms with Crippen molar-refractivity contribution in [3.8, 4) is 0 Å². The molecule has 0 fully saturated rings. The van der Waals surface area contributed by atoms with Crippen LogP contribution in [0.2, 0.25) is 0 Å². The third-order valence-corrected chi connectivity index (χ3v) is 4.09. The van der Waals surface area contributed by atoms with Crippen LogP contribution in [0.25, 0.3) is 10.2 Å². The molecule has 0 bridgehead atoms. The van der Waals surface area contributed by atoms with E-state index in [-0.39, 0.29) is 16.7 Å². The first kappa shape index (κ1) is 13.6. The summed E-state index contributed by atoms with van der Waals surface area (Å²) >= 11 is 1.45. The molecule has 6 nitrogen and oxygen atoms in total. The lowest BCUT2D eigenvalue weighted by Crippen LogP contribution is -2.07.